The van der Waals surface area contributed by atoms with E-state index in [2.05, 4.69) is 36.2 Å². The molecule has 0 aliphatic heterocycles. The molecule has 3 aromatic carbocycles. The van der Waals surface area contributed by atoms with Gasteiger partial charge in [-0.1, -0.05) is 42.5 Å². The monoisotopic (exact) mass is 453 g/mol. The molecule has 0 aliphatic rings. The molecular weight excluding hydrogens is 426 g/mol. The minimum absolute atomic E-state index is 0.196. The molecule has 1 heterocycles. The highest BCUT2D eigenvalue weighted by Gasteiger charge is 2.16. The van der Waals surface area contributed by atoms with Crippen molar-refractivity contribution in [2.24, 2.45) is 0 Å². The molecule has 34 heavy (non-hydrogen) atoms. The van der Waals surface area contributed by atoms with Crippen molar-refractivity contribution in [1.82, 2.24) is 15.0 Å². The van der Waals surface area contributed by atoms with Crippen LogP contribution in [0.2, 0.25) is 0 Å². The van der Waals surface area contributed by atoms with Crippen molar-refractivity contribution >= 4 is 40.8 Å². The van der Waals surface area contributed by atoms with E-state index in [1.54, 1.807) is 6.92 Å². The molecule has 4 aromatic rings. The third kappa shape index (κ3) is 6.07. The molecule has 0 fully saturated rings. The van der Waals surface area contributed by atoms with E-state index in [0.29, 0.717) is 11.9 Å². The van der Waals surface area contributed by atoms with Gasteiger partial charge in [0.1, 0.15) is 6.04 Å². The summed E-state index contributed by atoms with van der Waals surface area (Å²) in [6.45, 7) is 5.81. The number of para-hydroxylation sites is 2. The highest BCUT2D eigenvalue weighted by Crippen LogP contribution is 2.19. The Hall–Kier alpha value is -4.46. The fraction of sp³-hybridized carbons (Fsp3) is 0.154. The summed E-state index contributed by atoms with van der Waals surface area (Å²) in [5.41, 5.74) is 4.71. The number of hydrogen-bond donors (Lipinski definition) is 4. The number of rotatable bonds is 8. The van der Waals surface area contributed by atoms with Gasteiger partial charge in [-0.15, -0.1) is 0 Å². The van der Waals surface area contributed by atoms with Crippen LogP contribution in [0.15, 0.2) is 78.9 Å². The maximum absolute atomic E-state index is 12.8. The minimum atomic E-state index is -0.585. The van der Waals surface area contributed by atoms with Crippen molar-refractivity contribution in [1.29, 1.82) is 0 Å². The number of aromatic nitrogens is 3. The van der Waals surface area contributed by atoms with E-state index in [9.17, 15) is 4.79 Å². The van der Waals surface area contributed by atoms with E-state index in [1.807, 2.05) is 92.7 Å². The highest BCUT2D eigenvalue weighted by molar-refractivity contribution is 5.96. The summed E-state index contributed by atoms with van der Waals surface area (Å²) in [5.74, 6) is 0.779. The van der Waals surface area contributed by atoms with Gasteiger partial charge in [-0.05, 0) is 68.3 Å². The van der Waals surface area contributed by atoms with Gasteiger partial charge in [0.25, 0.3) is 0 Å². The van der Waals surface area contributed by atoms with Gasteiger partial charge in [0.2, 0.25) is 23.8 Å². The molecule has 0 bridgehead atoms. The number of amides is 1. The summed E-state index contributed by atoms with van der Waals surface area (Å²) < 4.78 is 0. The van der Waals surface area contributed by atoms with E-state index in [1.165, 1.54) is 5.56 Å². The highest BCUT2D eigenvalue weighted by atomic mass is 16.2. The van der Waals surface area contributed by atoms with E-state index in [-0.39, 0.29) is 11.9 Å². The molecule has 0 spiro atoms. The SMILES string of the molecule is Cc1ccc(NC(=O)C(C)Nc2nc(Nc3ccccc3)nc(Nc3ccccc3)n2)cc1C. The van der Waals surface area contributed by atoms with Crippen LogP contribution in [0.4, 0.5) is 34.9 Å². The molecule has 4 rings (SSSR count). The molecule has 0 aliphatic carbocycles. The maximum Gasteiger partial charge on any atom is 0.246 e. The smallest absolute Gasteiger partial charge is 0.246 e. The van der Waals surface area contributed by atoms with Crippen molar-refractivity contribution < 1.29 is 4.79 Å². The quantitative estimate of drug-likeness (QED) is 0.283. The Morgan fingerprint density at radius 1 is 0.676 bits per heavy atom. The lowest BCUT2D eigenvalue weighted by Crippen LogP contribution is -2.32. The summed E-state index contributed by atoms with van der Waals surface area (Å²) in [6, 6.07) is 24.5. The van der Waals surface area contributed by atoms with Crippen LogP contribution in [0.1, 0.15) is 18.1 Å². The van der Waals surface area contributed by atoms with Crippen molar-refractivity contribution in [3.05, 3.63) is 90.0 Å². The summed E-state index contributed by atoms with van der Waals surface area (Å²) in [5, 5.41) is 12.4. The van der Waals surface area contributed by atoms with Crippen molar-refractivity contribution in [3.8, 4) is 0 Å². The summed E-state index contributed by atoms with van der Waals surface area (Å²) >= 11 is 0. The molecule has 1 aromatic heterocycles. The molecule has 8 nitrogen and oxygen atoms in total. The van der Waals surface area contributed by atoms with E-state index in [0.717, 1.165) is 22.6 Å². The standard InChI is InChI=1S/C26H27N7O/c1-17-14-15-22(16-18(17)2)28-23(34)19(3)27-24-31-25(29-20-10-6-4-7-11-20)33-26(32-24)30-21-12-8-5-9-13-21/h4-16,19H,1-3H3,(H,28,34)(H3,27,29,30,31,32,33). The first-order valence-corrected chi connectivity index (χ1v) is 11.0. The molecule has 4 N–H and O–H groups in total. The van der Waals surface area contributed by atoms with Crippen molar-refractivity contribution in [2.45, 2.75) is 26.8 Å². The normalized spacial score (nSPS) is 11.4. The van der Waals surface area contributed by atoms with Crippen LogP contribution in [-0.2, 0) is 4.79 Å². The topological polar surface area (TPSA) is 104 Å². The first-order valence-electron chi connectivity index (χ1n) is 11.0. The number of hydrogen-bond acceptors (Lipinski definition) is 7. The van der Waals surface area contributed by atoms with Crippen molar-refractivity contribution in [2.75, 3.05) is 21.3 Å². The summed E-state index contributed by atoms with van der Waals surface area (Å²) in [7, 11) is 0. The van der Waals surface area contributed by atoms with Crippen LogP contribution in [0.25, 0.3) is 0 Å². The Labute approximate surface area is 198 Å². The van der Waals surface area contributed by atoms with Crippen LogP contribution in [0, 0.1) is 13.8 Å². The number of carbonyl (C=O) groups is 1. The largest absolute Gasteiger partial charge is 0.342 e. The molecule has 0 saturated heterocycles. The molecule has 172 valence electrons. The number of aryl methyl sites for hydroxylation is 2. The lowest BCUT2D eigenvalue weighted by Gasteiger charge is -2.16. The number of carbonyl (C=O) groups excluding carboxylic acids is 1. The lowest BCUT2D eigenvalue weighted by molar-refractivity contribution is -0.116. The second-order valence-electron chi connectivity index (χ2n) is 7.94. The van der Waals surface area contributed by atoms with Gasteiger partial charge in [-0.2, -0.15) is 15.0 Å². The van der Waals surface area contributed by atoms with Gasteiger partial charge in [0, 0.05) is 17.1 Å². The Bertz CT molecular complexity index is 1200. The first-order chi connectivity index (χ1) is 16.5. The van der Waals surface area contributed by atoms with Gasteiger partial charge in [-0.3, -0.25) is 4.79 Å². The zero-order valence-corrected chi connectivity index (χ0v) is 19.3. The van der Waals surface area contributed by atoms with Crippen LogP contribution in [0.5, 0.6) is 0 Å². The van der Waals surface area contributed by atoms with Gasteiger partial charge >= 0.3 is 0 Å². The molecule has 1 amide bonds. The van der Waals surface area contributed by atoms with Gasteiger partial charge < -0.3 is 21.3 Å². The van der Waals surface area contributed by atoms with Gasteiger partial charge in [0.05, 0.1) is 0 Å². The predicted molar refractivity (Wildman–Crippen MR) is 137 cm³/mol. The average molecular weight is 454 g/mol. The average Bonchev–Trinajstić information content (AvgIpc) is 2.82. The van der Waals surface area contributed by atoms with Gasteiger partial charge in [0.15, 0.2) is 0 Å². The lowest BCUT2D eigenvalue weighted by atomic mass is 10.1. The van der Waals surface area contributed by atoms with E-state index in [4.69, 9.17) is 0 Å². The zero-order valence-electron chi connectivity index (χ0n) is 19.3. The fourth-order valence-corrected chi connectivity index (χ4v) is 3.18. The third-order valence-electron chi connectivity index (χ3n) is 5.21. The van der Waals surface area contributed by atoms with E-state index >= 15 is 0 Å². The summed E-state index contributed by atoms with van der Waals surface area (Å²) in [6.07, 6.45) is 0. The minimum Gasteiger partial charge on any atom is -0.342 e. The second-order valence-corrected chi connectivity index (χ2v) is 7.94. The third-order valence-corrected chi connectivity index (χ3v) is 5.21. The Balaban J connectivity index is 1.53. The molecule has 8 heteroatoms. The number of nitrogens with zero attached hydrogens (tertiary/aromatic N) is 3. The van der Waals surface area contributed by atoms with E-state index < -0.39 is 6.04 Å². The van der Waals surface area contributed by atoms with Crippen LogP contribution >= 0.6 is 0 Å². The number of benzene rings is 3. The number of nitrogens with one attached hydrogen (secondary N) is 4. The Morgan fingerprint density at radius 3 is 1.74 bits per heavy atom. The Kier molecular flexibility index (Phi) is 6.98. The fourth-order valence-electron chi connectivity index (χ4n) is 3.18. The molecule has 0 saturated carbocycles. The molecular formula is C26H27N7O. The first kappa shape index (κ1) is 22.7. The molecule has 0 radical (unpaired) electrons. The number of anilines is 6. The predicted octanol–water partition coefficient (Wildman–Crippen LogP) is 5.41. The van der Waals surface area contributed by atoms with Crippen molar-refractivity contribution in [3.63, 3.8) is 0 Å². The van der Waals surface area contributed by atoms with Crippen LogP contribution < -0.4 is 21.3 Å². The van der Waals surface area contributed by atoms with Crippen LogP contribution in [0.3, 0.4) is 0 Å². The summed E-state index contributed by atoms with van der Waals surface area (Å²) in [4.78, 5) is 26.2. The second kappa shape index (κ2) is 10.4. The molecule has 1 atom stereocenters. The Morgan fingerprint density at radius 2 is 1.21 bits per heavy atom. The van der Waals surface area contributed by atoms with Gasteiger partial charge in [-0.25, -0.2) is 0 Å². The van der Waals surface area contributed by atoms with Crippen LogP contribution in [-0.4, -0.2) is 26.9 Å². The maximum atomic E-state index is 12.8. The molecule has 1 unspecified atom stereocenters. The zero-order chi connectivity index (χ0) is 23.9.